The molecule has 1 aromatic heterocycles. The highest BCUT2D eigenvalue weighted by atomic mass is 19.1. The Kier molecular flexibility index (Phi) is 6.96. The van der Waals surface area contributed by atoms with E-state index < -0.39 is 11.7 Å². The van der Waals surface area contributed by atoms with Crippen molar-refractivity contribution < 1.29 is 27.9 Å². The Morgan fingerprint density at radius 1 is 1.03 bits per heavy atom. The maximum Gasteiger partial charge on any atom is 0.257 e. The zero-order chi connectivity index (χ0) is 24.1. The molecule has 1 aliphatic heterocycles. The Morgan fingerprint density at radius 3 is 2.56 bits per heavy atom. The lowest BCUT2D eigenvalue weighted by Crippen LogP contribution is -2.42. The van der Waals surface area contributed by atoms with E-state index in [0.717, 1.165) is 11.3 Å². The summed E-state index contributed by atoms with van der Waals surface area (Å²) in [4.78, 5) is 29.2. The Hall–Kier alpha value is -4.07. The van der Waals surface area contributed by atoms with Crippen molar-refractivity contribution in [1.29, 1.82) is 0 Å². The minimum absolute atomic E-state index is 0.0939. The molecule has 34 heavy (non-hydrogen) atoms. The predicted molar refractivity (Wildman–Crippen MR) is 123 cm³/mol. The summed E-state index contributed by atoms with van der Waals surface area (Å²) in [6.07, 6.45) is 1.50. The lowest BCUT2D eigenvalue weighted by molar-refractivity contribution is -0.133. The summed E-state index contributed by atoms with van der Waals surface area (Å²) in [6, 6.07) is 14.8. The molecule has 0 fully saturated rings. The smallest absolute Gasteiger partial charge is 0.257 e. The Morgan fingerprint density at radius 2 is 1.82 bits per heavy atom. The molecular formula is C26H25FN2O5. The van der Waals surface area contributed by atoms with Crippen LogP contribution in [0.2, 0.25) is 0 Å². The van der Waals surface area contributed by atoms with E-state index in [9.17, 15) is 14.0 Å². The van der Waals surface area contributed by atoms with Crippen molar-refractivity contribution in [3.8, 4) is 11.5 Å². The van der Waals surface area contributed by atoms with Gasteiger partial charge in [0.25, 0.3) is 5.91 Å². The first-order chi connectivity index (χ1) is 16.4. The third-order valence-electron chi connectivity index (χ3n) is 5.37. The van der Waals surface area contributed by atoms with Gasteiger partial charge in [0.15, 0.2) is 11.5 Å². The molecule has 7 nitrogen and oxygen atoms in total. The fourth-order valence-electron chi connectivity index (χ4n) is 3.69. The van der Waals surface area contributed by atoms with Crippen molar-refractivity contribution in [3.05, 3.63) is 95.7 Å². The van der Waals surface area contributed by atoms with Gasteiger partial charge in [0.05, 0.1) is 12.1 Å². The second-order valence-electron chi connectivity index (χ2n) is 7.90. The molecule has 176 valence electrons. The summed E-state index contributed by atoms with van der Waals surface area (Å²) in [5.74, 6) is 1.06. The Bertz CT molecular complexity index is 1210. The predicted octanol–water partition coefficient (Wildman–Crippen LogP) is 4.31. The molecule has 3 aromatic rings. The maximum absolute atomic E-state index is 14.2. The normalized spacial score (nSPS) is 11.8. The number of hydrogen-bond donors (Lipinski definition) is 0. The molecular weight excluding hydrogens is 439 g/mol. The van der Waals surface area contributed by atoms with E-state index in [1.165, 1.54) is 29.2 Å². The van der Waals surface area contributed by atoms with E-state index in [4.69, 9.17) is 13.9 Å². The highest BCUT2D eigenvalue weighted by Crippen LogP contribution is 2.33. The zero-order valence-electron chi connectivity index (χ0n) is 18.8. The van der Waals surface area contributed by atoms with E-state index in [1.807, 2.05) is 25.1 Å². The van der Waals surface area contributed by atoms with Crippen molar-refractivity contribution >= 4 is 11.8 Å². The standard InChI is InChI=1S/C26H25FN2O5/c1-3-12-28(26(31)21-6-4-5-7-22(21)27)16-25(30)29(15-20-10-8-18(2)34-20)14-19-9-11-23-24(13-19)33-17-32-23/h3-11,13H,1,12,14-17H2,2H3. The summed E-state index contributed by atoms with van der Waals surface area (Å²) in [7, 11) is 0. The molecule has 0 N–H and O–H groups in total. The lowest BCUT2D eigenvalue weighted by atomic mass is 10.1. The van der Waals surface area contributed by atoms with Gasteiger partial charge in [0.2, 0.25) is 12.7 Å². The number of ether oxygens (including phenoxy) is 2. The lowest BCUT2D eigenvalue weighted by Gasteiger charge is -2.27. The van der Waals surface area contributed by atoms with Crippen molar-refractivity contribution in [2.75, 3.05) is 19.9 Å². The molecule has 0 radical (unpaired) electrons. The van der Waals surface area contributed by atoms with Gasteiger partial charge in [-0.1, -0.05) is 24.3 Å². The van der Waals surface area contributed by atoms with Crippen molar-refractivity contribution in [3.63, 3.8) is 0 Å². The second-order valence-corrected chi connectivity index (χ2v) is 7.90. The summed E-state index contributed by atoms with van der Waals surface area (Å²) >= 11 is 0. The largest absolute Gasteiger partial charge is 0.464 e. The van der Waals surface area contributed by atoms with E-state index in [-0.39, 0.29) is 44.4 Å². The molecule has 8 heteroatoms. The van der Waals surface area contributed by atoms with E-state index in [2.05, 4.69) is 6.58 Å². The third kappa shape index (κ3) is 5.28. The van der Waals surface area contributed by atoms with Crippen LogP contribution in [0.15, 0.2) is 71.7 Å². The molecule has 0 bridgehead atoms. The number of amides is 2. The van der Waals surface area contributed by atoms with E-state index in [0.29, 0.717) is 17.3 Å². The van der Waals surface area contributed by atoms with Crippen LogP contribution in [-0.4, -0.2) is 41.5 Å². The zero-order valence-corrected chi connectivity index (χ0v) is 18.8. The summed E-state index contributed by atoms with van der Waals surface area (Å²) in [5, 5.41) is 0. The molecule has 0 atom stereocenters. The minimum atomic E-state index is -0.641. The highest BCUT2D eigenvalue weighted by molar-refractivity contribution is 5.96. The number of hydrogen-bond acceptors (Lipinski definition) is 5. The summed E-state index contributed by atoms with van der Waals surface area (Å²) in [6.45, 7) is 5.96. The van der Waals surface area contributed by atoms with Crippen molar-refractivity contribution in [1.82, 2.24) is 9.80 Å². The third-order valence-corrected chi connectivity index (χ3v) is 5.37. The first-order valence-corrected chi connectivity index (χ1v) is 10.8. The first-order valence-electron chi connectivity index (χ1n) is 10.8. The number of furan rings is 1. The van der Waals surface area contributed by atoms with Crippen LogP contribution in [0.4, 0.5) is 4.39 Å². The van der Waals surface area contributed by atoms with Gasteiger partial charge in [-0.2, -0.15) is 0 Å². The molecule has 1 aliphatic rings. The Balaban J connectivity index is 1.56. The summed E-state index contributed by atoms with van der Waals surface area (Å²) < 4.78 is 30.7. The Labute approximate surface area is 197 Å². The van der Waals surface area contributed by atoms with Gasteiger partial charge in [-0.15, -0.1) is 6.58 Å². The number of nitrogens with zero attached hydrogens (tertiary/aromatic N) is 2. The van der Waals surface area contributed by atoms with E-state index >= 15 is 0 Å². The fourth-order valence-corrected chi connectivity index (χ4v) is 3.69. The van der Waals surface area contributed by atoms with Crippen LogP contribution in [-0.2, 0) is 17.9 Å². The molecule has 0 saturated heterocycles. The SMILES string of the molecule is C=CCN(CC(=O)N(Cc1ccc2c(c1)OCO2)Cc1ccc(C)o1)C(=O)c1ccccc1F. The number of carbonyl (C=O) groups excluding carboxylic acids is 2. The number of carbonyl (C=O) groups is 2. The average molecular weight is 464 g/mol. The van der Waals surface area contributed by atoms with E-state index in [1.54, 1.807) is 23.1 Å². The molecule has 0 unspecified atom stereocenters. The molecule has 0 saturated carbocycles. The molecule has 2 heterocycles. The molecule has 0 aliphatic carbocycles. The maximum atomic E-state index is 14.2. The van der Waals surface area contributed by atoms with Crippen LogP contribution in [0.3, 0.4) is 0 Å². The topological polar surface area (TPSA) is 72.2 Å². The second kappa shape index (κ2) is 10.2. The number of benzene rings is 2. The van der Waals surface area contributed by atoms with Crippen LogP contribution < -0.4 is 9.47 Å². The van der Waals surface area contributed by atoms with Crippen molar-refractivity contribution in [2.24, 2.45) is 0 Å². The van der Waals surface area contributed by atoms with Gasteiger partial charge in [0.1, 0.15) is 23.9 Å². The van der Waals surface area contributed by atoms with Crippen LogP contribution in [0.5, 0.6) is 11.5 Å². The van der Waals surface area contributed by atoms with Gasteiger partial charge < -0.3 is 23.7 Å². The monoisotopic (exact) mass is 464 g/mol. The minimum Gasteiger partial charge on any atom is -0.464 e. The van der Waals surface area contributed by atoms with Gasteiger partial charge in [-0.05, 0) is 48.9 Å². The first kappa shape index (κ1) is 23.1. The fraction of sp³-hybridized carbons (Fsp3) is 0.231. The molecule has 2 aromatic carbocycles. The van der Waals surface area contributed by atoms with Crippen LogP contribution in [0, 0.1) is 12.7 Å². The summed E-state index contributed by atoms with van der Waals surface area (Å²) in [5.41, 5.74) is 0.734. The highest BCUT2D eigenvalue weighted by Gasteiger charge is 2.25. The van der Waals surface area contributed by atoms with Crippen LogP contribution in [0.25, 0.3) is 0 Å². The van der Waals surface area contributed by atoms with Crippen LogP contribution in [0.1, 0.15) is 27.4 Å². The van der Waals surface area contributed by atoms with Gasteiger partial charge in [0, 0.05) is 13.1 Å². The average Bonchev–Trinajstić information content (AvgIpc) is 3.46. The van der Waals surface area contributed by atoms with Crippen LogP contribution >= 0.6 is 0 Å². The van der Waals surface area contributed by atoms with Gasteiger partial charge >= 0.3 is 0 Å². The number of halogens is 1. The number of fused-ring (bicyclic) bond motifs is 1. The molecule has 2 amide bonds. The van der Waals surface area contributed by atoms with Gasteiger partial charge in [-0.25, -0.2) is 4.39 Å². The molecule has 4 rings (SSSR count). The number of rotatable bonds is 9. The van der Waals surface area contributed by atoms with Gasteiger partial charge in [-0.3, -0.25) is 9.59 Å². The van der Waals surface area contributed by atoms with Crippen molar-refractivity contribution in [2.45, 2.75) is 20.0 Å². The molecule has 0 spiro atoms. The number of aryl methyl sites for hydroxylation is 1. The quantitative estimate of drug-likeness (QED) is 0.441.